The fourth-order valence-corrected chi connectivity index (χ4v) is 13.9. The van der Waals surface area contributed by atoms with Gasteiger partial charge in [-0.2, -0.15) is 0 Å². The van der Waals surface area contributed by atoms with Crippen LogP contribution in [0, 0.1) is 0 Å². The summed E-state index contributed by atoms with van der Waals surface area (Å²) in [4.78, 5) is 73.0. The van der Waals surface area contributed by atoms with Crippen molar-refractivity contribution >= 4 is 39.5 Å². The number of ether oxygens (including phenoxy) is 4. The van der Waals surface area contributed by atoms with Gasteiger partial charge < -0.3 is 33.8 Å². The Balaban J connectivity index is 5.25. The first-order valence-corrected chi connectivity index (χ1v) is 44.3. The van der Waals surface area contributed by atoms with Gasteiger partial charge >= 0.3 is 39.5 Å². The number of carbonyl (C=O) groups is 4. The highest BCUT2D eigenvalue weighted by Gasteiger charge is 2.30. The zero-order valence-electron chi connectivity index (χ0n) is 63.8. The summed E-state index contributed by atoms with van der Waals surface area (Å²) in [6.45, 7) is 5.02. The molecule has 0 aliphatic carbocycles. The van der Waals surface area contributed by atoms with Gasteiger partial charge in [-0.25, -0.2) is 9.13 Å². The van der Waals surface area contributed by atoms with Gasteiger partial charge in [0.05, 0.1) is 26.4 Å². The molecule has 0 bridgehead atoms. The number of phosphoric acid groups is 2. The van der Waals surface area contributed by atoms with E-state index in [0.29, 0.717) is 25.7 Å². The average Bonchev–Trinajstić information content (AvgIpc) is 1.13. The fourth-order valence-electron chi connectivity index (χ4n) is 12.3. The van der Waals surface area contributed by atoms with Gasteiger partial charge in [0, 0.05) is 25.7 Å². The quantitative estimate of drug-likeness (QED) is 0.0222. The van der Waals surface area contributed by atoms with Crippen molar-refractivity contribution in [2.24, 2.45) is 0 Å². The summed E-state index contributed by atoms with van der Waals surface area (Å²) >= 11 is 0. The second-order valence-corrected chi connectivity index (χ2v) is 31.4. The van der Waals surface area contributed by atoms with Crippen LogP contribution in [0.4, 0.5) is 0 Å². The van der Waals surface area contributed by atoms with Crippen LogP contribution in [0.1, 0.15) is 426 Å². The Bertz CT molecular complexity index is 1860. The molecular weight excluding hydrogens is 1280 g/mol. The van der Waals surface area contributed by atoms with Crippen molar-refractivity contribution in [2.45, 2.75) is 444 Å². The third-order valence-corrected chi connectivity index (χ3v) is 20.5. The number of phosphoric ester groups is 2. The molecule has 0 saturated heterocycles. The predicted octanol–water partition coefficient (Wildman–Crippen LogP) is 23.8. The van der Waals surface area contributed by atoms with Gasteiger partial charge in [-0.1, -0.05) is 374 Å². The molecule has 0 saturated carbocycles. The van der Waals surface area contributed by atoms with Gasteiger partial charge in [0.15, 0.2) is 12.2 Å². The van der Waals surface area contributed by atoms with Gasteiger partial charge in [0.25, 0.3) is 0 Å². The van der Waals surface area contributed by atoms with Crippen molar-refractivity contribution in [1.82, 2.24) is 0 Å². The van der Waals surface area contributed by atoms with Gasteiger partial charge in [0.1, 0.15) is 19.3 Å². The first kappa shape index (κ1) is 96.1. The molecule has 0 spiro atoms. The maximum atomic E-state index is 13.1. The normalized spacial score (nSPS) is 13.8. The number of hydrogen-bond acceptors (Lipinski definition) is 15. The third kappa shape index (κ3) is 72.4. The van der Waals surface area contributed by atoms with E-state index in [2.05, 4.69) is 27.7 Å². The van der Waals surface area contributed by atoms with E-state index < -0.39 is 97.5 Å². The van der Waals surface area contributed by atoms with Crippen LogP contribution in [-0.2, 0) is 65.4 Å². The molecule has 0 amide bonds. The summed E-state index contributed by atoms with van der Waals surface area (Å²) in [6.07, 6.45) is 65.0. The third-order valence-electron chi connectivity index (χ3n) is 18.6. The minimum absolute atomic E-state index is 0.109. The SMILES string of the molecule is CCCCCCCCCCCCCCCCCCCC(=O)O[C@H](COC(=O)CCCCCCCCCCCCCCCCCC)COP(=O)(O)OC[C@@H](O)COP(=O)(O)OC[C@@H](COC(=O)CCCCCCCCCCCCCC)OC(=O)CCCCCCCCCCCCCCC. The molecule has 0 aliphatic rings. The van der Waals surface area contributed by atoms with E-state index in [0.717, 1.165) is 89.9 Å². The lowest BCUT2D eigenvalue weighted by Gasteiger charge is -2.21. The molecular formula is C79H154O17P2. The van der Waals surface area contributed by atoms with Gasteiger partial charge in [-0.15, -0.1) is 0 Å². The molecule has 0 rings (SSSR count). The van der Waals surface area contributed by atoms with E-state index in [-0.39, 0.29) is 25.7 Å². The monoisotopic (exact) mass is 1440 g/mol. The lowest BCUT2D eigenvalue weighted by Crippen LogP contribution is -2.30. The Kier molecular flexibility index (Phi) is 71.9. The lowest BCUT2D eigenvalue weighted by atomic mass is 10.0. The van der Waals surface area contributed by atoms with E-state index in [1.54, 1.807) is 0 Å². The van der Waals surface area contributed by atoms with Gasteiger partial charge in [0.2, 0.25) is 0 Å². The van der Waals surface area contributed by atoms with Crippen LogP contribution < -0.4 is 0 Å². The maximum absolute atomic E-state index is 13.1. The summed E-state index contributed by atoms with van der Waals surface area (Å²) in [5.41, 5.74) is 0. The van der Waals surface area contributed by atoms with Crippen LogP contribution in [0.2, 0.25) is 0 Å². The van der Waals surface area contributed by atoms with E-state index in [1.165, 1.54) is 257 Å². The standard InChI is InChI=1S/C79H154O17P2/c1-5-9-13-17-21-25-29-33-35-37-39-42-46-50-54-58-62-66-79(84)96-75(70-90-77(82)64-60-56-52-48-44-41-38-36-34-30-26-22-18-14-10-6-2)72-94-98(87,88)92-68-73(80)67-91-97(85,86)93-71-74(69-89-76(81)63-59-55-51-47-43-32-28-24-20-16-12-8-4)95-78(83)65-61-57-53-49-45-40-31-27-23-19-15-11-7-3/h73-75,80H,5-72H2,1-4H3,(H,85,86)(H,87,88)/t73-,74+,75+/m0/s1. The number of carbonyl (C=O) groups excluding carboxylic acids is 4. The highest BCUT2D eigenvalue weighted by atomic mass is 31.2. The number of hydrogen-bond donors (Lipinski definition) is 3. The minimum atomic E-state index is -4.96. The second-order valence-electron chi connectivity index (χ2n) is 28.5. The first-order valence-electron chi connectivity index (χ1n) is 41.3. The van der Waals surface area contributed by atoms with Crippen LogP contribution in [0.3, 0.4) is 0 Å². The largest absolute Gasteiger partial charge is 0.472 e. The molecule has 582 valence electrons. The van der Waals surface area contributed by atoms with E-state index in [9.17, 15) is 43.2 Å². The van der Waals surface area contributed by atoms with Gasteiger partial charge in [-0.05, 0) is 25.7 Å². The van der Waals surface area contributed by atoms with Crippen molar-refractivity contribution in [1.29, 1.82) is 0 Å². The van der Waals surface area contributed by atoms with Crippen molar-refractivity contribution in [3.8, 4) is 0 Å². The molecule has 3 N–H and O–H groups in total. The molecule has 2 unspecified atom stereocenters. The Morgan fingerprint density at radius 3 is 0.602 bits per heavy atom. The molecule has 0 aromatic heterocycles. The van der Waals surface area contributed by atoms with Crippen LogP contribution >= 0.6 is 15.6 Å². The van der Waals surface area contributed by atoms with Crippen molar-refractivity contribution in [3.63, 3.8) is 0 Å². The molecule has 0 fully saturated rings. The molecule has 0 aromatic rings. The minimum Gasteiger partial charge on any atom is -0.462 e. The molecule has 98 heavy (non-hydrogen) atoms. The number of aliphatic hydroxyl groups is 1. The molecule has 0 radical (unpaired) electrons. The Morgan fingerprint density at radius 2 is 0.408 bits per heavy atom. The zero-order valence-corrected chi connectivity index (χ0v) is 65.6. The van der Waals surface area contributed by atoms with Crippen LogP contribution in [0.5, 0.6) is 0 Å². The molecule has 19 heteroatoms. The highest BCUT2D eigenvalue weighted by Crippen LogP contribution is 2.45. The van der Waals surface area contributed by atoms with Crippen LogP contribution in [-0.4, -0.2) is 96.7 Å². The average molecular weight is 1440 g/mol. The van der Waals surface area contributed by atoms with E-state index in [4.69, 9.17) is 37.0 Å². The number of esters is 4. The van der Waals surface area contributed by atoms with Crippen LogP contribution in [0.25, 0.3) is 0 Å². The zero-order chi connectivity index (χ0) is 71.8. The summed E-state index contributed by atoms with van der Waals surface area (Å²) in [6, 6.07) is 0. The second kappa shape index (κ2) is 73.4. The van der Waals surface area contributed by atoms with E-state index in [1.807, 2.05) is 0 Å². The summed E-state index contributed by atoms with van der Waals surface area (Å²) in [7, 11) is -9.91. The molecule has 0 aromatic carbocycles. The topological polar surface area (TPSA) is 237 Å². The summed E-state index contributed by atoms with van der Waals surface area (Å²) in [5.74, 6) is -2.10. The molecule has 0 aliphatic heterocycles. The molecule has 17 nitrogen and oxygen atoms in total. The number of aliphatic hydroxyl groups excluding tert-OH is 1. The Morgan fingerprint density at radius 1 is 0.245 bits per heavy atom. The smallest absolute Gasteiger partial charge is 0.462 e. The summed E-state index contributed by atoms with van der Waals surface area (Å²) in [5, 5.41) is 10.6. The molecule has 0 heterocycles. The lowest BCUT2D eigenvalue weighted by molar-refractivity contribution is -0.161. The predicted molar refractivity (Wildman–Crippen MR) is 400 cm³/mol. The Hall–Kier alpha value is -1.94. The van der Waals surface area contributed by atoms with Crippen molar-refractivity contribution in [2.75, 3.05) is 39.6 Å². The van der Waals surface area contributed by atoms with Gasteiger partial charge in [-0.3, -0.25) is 37.3 Å². The number of rotatable bonds is 80. The van der Waals surface area contributed by atoms with Crippen molar-refractivity contribution < 1.29 is 80.2 Å². The maximum Gasteiger partial charge on any atom is 0.472 e. The highest BCUT2D eigenvalue weighted by molar-refractivity contribution is 7.47. The van der Waals surface area contributed by atoms with Crippen molar-refractivity contribution in [3.05, 3.63) is 0 Å². The molecule has 5 atom stereocenters. The summed E-state index contributed by atoms with van der Waals surface area (Å²) < 4.78 is 68.7. The van der Waals surface area contributed by atoms with Crippen LogP contribution in [0.15, 0.2) is 0 Å². The fraction of sp³-hybridized carbons (Fsp3) is 0.949. The Labute approximate surface area is 600 Å². The van der Waals surface area contributed by atoms with E-state index >= 15 is 0 Å². The first-order chi connectivity index (χ1) is 47.7. The number of unbranched alkanes of at least 4 members (excludes halogenated alkanes) is 54.